The number of allylic oxidation sites excluding steroid dienone is 1. The number of amides is 2. The molecule has 9 nitrogen and oxygen atoms in total. The molecule has 36 heavy (non-hydrogen) atoms. The molecule has 11 heteroatoms. The Morgan fingerprint density at radius 1 is 1.17 bits per heavy atom. The topological polar surface area (TPSA) is 126 Å². The first-order valence-electron chi connectivity index (χ1n) is 11.1. The summed E-state index contributed by atoms with van der Waals surface area (Å²) >= 11 is 7.36. The molecule has 188 valence electrons. The summed E-state index contributed by atoms with van der Waals surface area (Å²) in [6.07, 6.45) is 1.68. The standard InChI is InChI=1S/C25H26ClN5O4S/c1-4-12-31-22(21(15(2)3)28-23(33)18-10-5-6-11-19(18)26)29-30-25(31)36-14-20(32)27-17-9-7-8-16(13-17)24(34)35/h4-11,13,15,21H,1,12,14H2,2-3H3,(H,27,32)(H,28,33)(H,34,35)/t21-/m1/s1. The summed E-state index contributed by atoms with van der Waals surface area (Å²) in [6, 6.07) is 12.3. The molecule has 1 aromatic heterocycles. The van der Waals surface area contributed by atoms with E-state index in [0.29, 0.717) is 33.8 Å². The Balaban J connectivity index is 1.75. The van der Waals surface area contributed by atoms with Crippen LogP contribution in [0.25, 0.3) is 0 Å². The molecule has 0 bridgehead atoms. The predicted molar refractivity (Wildman–Crippen MR) is 139 cm³/mol. The van der Waals surface area contributed by atoms with Crippen molar-refractivity contribution in [3.8, 4) is 0 Å². The Labute approximate surface area is 218 Å². The largest absolute Gasteiger partial charge is 0.478 e. The molecule has 0 aliphatic heterocycles. The van der Waals surface area contributed by atoms with Gasteiger partial charge in [-0.3, -0.25) is 9.59 Å². The SMILES string of the molecule is C=CCn1c(SCC(=O)Nc2cccc(C(=O)O)c2)nnc1[C@H](NC(=O)c1ccccc1Cl)C(C)C. The summed E-state index contributed by atoms with van der Waals surface area (Å²) in [4.78, 5) is 36.6. The van der Waals surface area contributed by atoms with Crippen molar-refractivity contribution >= 4 is 46.8 Å². The molecule has 3 aromatic rings. The summed E-state index contributed by atoms with van der Waals surface area (Å²) in [5.41, 5.74) is 0.822. The van der Waals surface area contributed by atoms with Gasteiger partial charge >= 0.3 is 5.97 Å². The Kier molecular flexibility index (Phi) is 9.26. The molecule has 3 rings (SSSR count). The minimum atomic E-state index is -1.08. The average Bonchev–Trinajstić information content (AvgIpc) is 3.23. The van der Waals surface area contributed by atoms with Gasteiger partial charge in [0.2, 0.25) is 5.91 Å². The Bertz CT molecular complexity index is 1280. The van der Waals surface area contributed by atoms with Crippen molar-refractivity contribution in [1.82, 2.24) is 20.1 Å². The average molecular weight is 528 g/mol. The number of halogens is 1. The number of carboxylic acids is 1. The van der Waals surface area contributed by atoms with Gasteiger partial charge in [0.05, 0.1) is 27.9 Å². The first-order chi connectivity index (χ1) is 17.2. The van der Waals surface area contributed by atoms with Crippen molar-refractivity contribution < 1.29 is 19.5 Å². The summed E-state index contributed by atoms with van der Waals surface area (Å²) in [5, 5.41) is 24.2. The number of hydrogen-bond donors (Lipinski definition) is 3. The van der Waals surface area contributed by atoms with Crippen LogP contribution in [0.3, 0.4) is 0 Å². The zero-order valence-corrected chi connectivity index (χ0v) is 21.3. The molecule has 2 aromatic carbocycles. The number of nitrogens with one attached hydrogen (secondary N) is 2. The first-order valence-corrected chi connectivity index (χ1v) is 12.4. The van der Waals surface area contributed by atoms with Gasteiger partial charge < -0.3 is 20.3 Å². The van der Waals surface area contributed by atoms with Crippen LogP contribution >= 0.6 is 23.4 Å². The molecule has 0 fully saturated rings. The van der Waals surface area contributed by atoms with E-state index in [1.54, 1.807) is 47.0 Å². The number of thioether (sulfide) groups is 1. The highest BCUT2D eigenvalue weighted by Crippen LogP contribution is 2.26. The molecule has 3 N–H and O–H groups in total. The number of carboxylic acid groups (broad SMARTS) is 1. The quantitative estimate of drug-likeness (QED) is 0.244. The third kappa shape index (κ3) is 6.73. The number of hydrogen-bond acceptors (Lipinski definition) is 6. The fourth-order valence-corrected chi connectivity index (χ4v) is 4.36. The van der Waals surface area contributed by atoms with Gasteiger partial charge in [-0.1, -0.05) is 61.5 Å². The lowest BCUT2D eigenvalue weighted by atomic mass is 10.0. The van der Waals surface area contributed by atoms with Gasteiger partial charge in [-0.05, 0) is 36.2 Å². The lowest BCUT2D eigenvalue weighted by Gasteiger charge is -2.23. The van der Waals surface area contributed by atoms with Crippen LogP contribution < -0.4 is 10.6 Å². The smallest absolute Gasteiger partial charge is 0.335 e. The number of carbonyl (C=O) groups excluding carboxylic acids is 2. The molecule has 1 heterocycles. The normalized spacial score (nSPS) is 11.7. The Hall–Kier alpha value is -3.63. The number of carbonyl (C=O) groups is 3. The van der Waals surface area contributed by atoms with E-state index in [1.165, 1.54) is 23.9 Å². The maximum Gasteiger partial charge on any atom is 0.335 e. The summed E-state index contributed by atoms with van der Waals surface area (Å²) in [5.74, 6) is -1.21. The molecule has 0 spiro atoms. The highest BCUT2D eigenvalue weighted by atomic mass is 35.5. The van der Waals surface area contributed by atoms with E-state index in [0.717, 1.165) is 0 Å². The molecule has 1 atom stereocenters. The van der Waals surface area contributed by atoms with Gasteiger partial charge in [0, 0.05) is 12.2 Å². The lowest BCUT2D eigenvalue weighted by molar-refractivity contribution is -0.113. The third-order valence-corrected chi connectivity index (χ3v) is 6.43. The molecule has 0 radical (unpaired) electrons. The van der Waals surface area contributed by atoms with E-state index < -0.39 is 12.0 Å². The van der Waals surface area contributed by atoms with Gasteiger partial charge in [0.25, 0.3) is 5.91 Å². The van der Waals surface area contributed by atoms with Gasteiger partial charge in [-0.2, -0.15) is 0 Å². The second kappa shape index (κ2) is 12.4. The van der Waals surface area contributed by atoms with Gasteiger partial charge in [-0.15, -0.1) is 16.8 Å². The monoisotopic (exact) mass is 527 g/mol. The summed E-state index contributed by atoms with van der Waals surface area (Å²) in [7, 11) is 0. The number of aromatic carboxylic acids is 1. The van der Waals surface area contributed by atoms with Crippen molar-refractivity contribution in [2.24, 2.45) is 5.92 Å². The Morgan fingerprint density at radius 2 is 1.92 bits per heavy atom. The number of nitrogens with zero attached hydrogens (tertiary/aromatic N) is 3. The fourth-order valence-electron chi connectivity index (χ4n) is 3.39. The molecular formula is C25H26ClN5O4S. The minimum absolute atomic E-state index is 0.0188. The second-order valence-electron chi connectivity index (χ2n) is 8.14. The van der Waals surface area contributed by atoms with Crippen molar-refractivity contribution in [3.63, 3.8) is 0 Å². The number of rotatable bonds is 11. The van der Waals surface area contributed by atoms with Crippen LogP contribution in [-0.4, -0.2) is 43.4 Å². The van der Waals surface area contributed by atoms with Crippen molar-refractivity contribution in [2.75, 3.05) is 11.1 Å². The van der Waals surface area contributed by atoms with Gasteiger partial charge in [0.1, 0.15) is 0 Å². The second-order valence-corrected chi connectivity index (χ2v) is 9.49. The van der Waals surface area contributed by atoms with Crippen LogP contribution in [0.15, 0.2) is 66.3 Å². The van der Waals surface area contributed by atoms with Crippen LogP contribution in [0.1, 0.15) is 46.4 Å². The first kappa shape index (κ1) is 27.0. The van der Waals surface area contributed by atoms with Gasteiger partial charge in [-0.25, -0.2) is 4.79 Å². The van der Waals surface area contributed by atoms with Crippen LogP contribution in [0.4, 0.5) is 5.69 Å². The van der Waals surface area contributed by atoms with Gasteiger partial charge in [0.15, 0.2) is 11.0 Å². The van der Waals surface area contributed by atoms with E-state index in [1.807, 2.05) is 13.8 Å². The van der Waals surface area contributed by atoms with Crippen LogP contribution in [0.2, 0.25) is 5.02 Å². The van der Waals surface area contributed by atoms with E-state index in [2.05, 4.69) is 27.4 Å². The number of benzene rings is 2. The van der Waals surface area contributed by atoms with Crippen LogP contribution in [0.5, 0.6) is 0 Å². The maximum absolute atomic E-state index is 12.9. The molecule has 0 saturated carbocycles. The van der Waals surface area contributed by atoms with E-state index in [4.69, 9.17) is 16.7 Å². The highest BCUT2D eigenvalue weighted by molar-refractivity contribution is 7.99. The maximum atomic E-state index is 12.9. The Morgan fingerprint density at radius 3 is 2.58 bits per heavy atom. The van der Waals surface area contributed by atoms with Crippen molar-refractivity contribution in [1.29, 1.82) is 0 Å². The molecule has 0 unspecified atom stereocenters. The molecule has 2 amide bonds. The van der Waals surface area contributed by atoms with Crippen molar-refractivity contribution in [2.45, 2.75) is 31.6 Å². The highest BCUT2D eigenvalue weighted by Gasteiger charge is 2.27. The summed E-state index contributed by atoms with van der Waals surface area (Å²) < 4.78 is 1.80. The number of anilines is 1. The zero-order valence-electron chi connectivity index (χ0n) is 19.8. The molecular weight excluding hydrogens is 502 g/mol. The van der Waals surface area contributed by atoms with E-state index in [9.17, 15) is 14.4 Å². The zero-order chi connectivity index (χ0) is 26.2. The molecule has 0 saturated heterocycles. The fraction of sp³-hybridized carbons (Fsp3) is 0.240. The van der Waals surface area contributed by atoms with Crippen LogP contribution in [0, 0.1) is 5.92 Å². The molecule has 0 aliphatic carbocycles. The lowest BCUT2D eigenvalue weighted by Crippen LogP contribution is -2.34. The van der Waals surface area contributed by atoms with Crippen molar-refractivity contribution in [3.05, 3.63) is 83.2 Å². The minimum Gasteiger partial charge on any atom is -0.478 e. The predicted octanol–water partition coefficient (Wildman–Crippen LogP) is 4.67. The molecule has 0 aliphatic rings. The van der Waals surface area contributed by atoms with Crippen LogP contribution in [-0.2, 0) is 11.3 Å². The van der Waals surface area contributed by atoms with E-state index >= 15 is 0 Å². The third-order valence-electron chi connectivity index (χ3n) is 5.13. The summed E-state index contributed by atoms with van der Waals surface area (Å²) in [6.45, 7) is 8.08. The van der Waals surface area contributed by atoms with E-state index in [-0.39, 0.29) is 29.0 Å². The number of aromatic nitrogens is 3.